The minimum Gasteiger partial charge on any atom is -0.501 e. The van der Waals surface area contributed by atoms with E-state index in [1.807, 2.05) is 0 Å². The van der Waals surface area contributed by atoms with Gasteiger partial charge in [0.25, 0.3) is 0 Å². The molecule has 0 heterocycles. The third kappa shape index (κ3) is 3.03. The molecular formula is C12H11ClF2O2. The van der Waals surface area contributed by atoms with E-state index in [-0.39, 0.29) is 11.1 Å². The highest BCUT2D eigenvalue weighted by Crippen LogP contribution is 2.23. The van der Waals surface area contributed by atoms with Crippen LogP contribution in [0, 0.1) is 11.6 Å². The molecule has 0 bridgehead atoms. The lowest BCUT2D eigenvalue weighted by Gasteiger charge is -2.05. The Labute approximate surface area is 103 Å². The van der Waals surface area contributed by atoms with Crippen molar-refractivity contribution in [3.63, 3.8) is 0 Å². The Morgan fingerprint density at radius 3 is 2.71 bits per heavy atom. The highest BCUT2D eigenvalue weighted by molar-refractivity contribution is 6.31. The van der Waals surface area contributed by atoms with Gasteiger partial charge in [-0.2, -0.15) is 0 Å². The molecule has 92 valence electrons. The first-order chi connectivity index (χ1) is 7.99. The van der Waals surface area contributed by atoms with Gasteiger partial charge in [-0.3, -0.25) is 4.79 Å². The van der Waals surface area contributed by atoms with Gasteiger partial charge < -0.3 is 4.74 Å². The molecule has 0 saturated heterocycles. The van der Waals surface area contributed by atoms with Gasteiger partial charge in [0.1, 0.15) is 10.8 Å². The zero-order valence-corrected chi connectivity index (χ0v) is 10.1. The van der Waals surface area contributed by atoms with E-state index in [1.54, 1.807) is 6.92 Å². The quantitative estimate of drug-likeness (QED) is 0.357. The molecule has 5 heteroatoms. The van der Waals surface area contributed by atoms with Crippen LogP contribution in [0.2, 0.25) is 5.02 Å². The van der Waals surface area contributed by atoms with Crippen molar-refractivity contribution >= 4 is 17.4 Å². The molecule has 0 spiro atoms. The van der Waals surface area contributed by atoms with E-state index in [1.165, 1.54) is 13.2 Å². The molecule has 1 rings (SSSR count). The van der Waals surface area contributed by atoms with Crippen LogP contribution in [0.25, 0.3) is 0 Å². The fourth-order valence-electron chi connectivity index (χ4n) is 1.18. The number of hydrogen-bond acceptors (Lipinski definition) is 2. The van der Waals surface area contributed by atoms with E-state index in [0.29, 0.717) is 6.61 Å². The number of carbonyl (C=O) groups is 1. The van der Waals surface area contributed by atoms with Gasteiger partial charge in [0.15, 0.2) is 11.6 Å². The van der Waals surface area contributed by atoms with Crippen LogP contribution < -0.4 is 0 Å². The number of benzene rings is 1. The SMILES string of the molecule is CCO/C=C(\C)C(=O)c1ccc(F)c(Cl)c1F. The van der Waals surface area contributed by atoms with E-state index in [0.717, 1.165) is 12.1 Å². The maximum atomic E-state index is 13.5. The zero-order valence-electron chi connectivity index (χ0n) is 9.39. The summed E-state index contributed by atoms with van der Waals surface area (Å²) in [5.74, 6) is -2.54. The number of rotatable bonds is 4. The lowest BCUT2D eigenvalue weighted by Crippen LogP contribution is -2.05. The molecule has 0 saturated carbocycles. The maximum Gasteiger partial charge on any atom is 0.194 e. The second kappa shape index (κ2) is 5.77. The molecular weight excluding hydrogens is 250 g/mol. The lowest BCUT2D eigenvalue weighted by atomic mass is 10.1. The monoisotopic (exact) mass is 260 g/mol. The summed E-state index contributed by atoms with van der Waals surface area (Å²) < 4.78 is 31.4. The molecule has 17 heavy (non-hydrogen) atoms. The molecule has 1 aromatic rings. The van der Waals surface area contributed by atoms with Gasteiger partial charge in [-0.05, 0) is 26.0 Å². The molecule has 0 unspecified atom stereocenters. The second-order valence-electron chi connectivity index (χ2n) is 3.31. The van der Waals surface area contributed by atoms with Crippen molar-refractivity contribution in [2.75, 3.05) is 6.61 Å². The fraction of sp³-hybridized carbons (Fsp3) is 0.250. The Bertz CT molecular complexity index is 470. The molecule has 1 aromatic carbocycles. The zero-order chi connectivity index (χ0) is 13.0. The van der Waals surface area contributed by atoms with E-state index >= 15 is 0 Å². The van der Waals surface area contributed by atoms with Crippen LogP contribution in [0.5, 0.6) is 0 Å². The molecule has 0 aliphatic rings. The molecule has 0 aliphatic heterocycles. The summed E-state index contributed by atoms with van der Waals surface area (Å²) in [6, 6.07) is 2.01. The van der Waals surface area contributed by atoms with Gasteiger partial charge in [0.2, 0.25) is 0 Å². The standard InChI is InChI=1S/C12H11ClF2O2/c1-3-17-6-7(2)12(16)8-4-5-9(14)10(13)11(8)15/h4-6H,3H2,1-2H3/b7-6+. The lowest BCUT2D eigenvalue weighted by molar-refractivity contribution is 0.102. The van der Waals surface area contributed by atoms with Gasteiger partial charge in [-0.25, -0.2) is 8.78 Å². The number of Topliss-reactive ketones (excluding diaryl/α,β-unsaturated/α-hetero) is 1. The Hall–Kier alpha value is -1.42. The van der Waals surface area contributed by atoms with E-state index in [4.69, 9.17) is 16.3 Å². The summed E-state index contributed by atoms with van der Waals surface area (Å²) in [4.78, 5) is 11.8. The predicted molar refractivity (Wildman–Crippen MR) is 61.1 cm³/mol. The highest BCUT2D eigenvalue weighted by Gasteiger charge is 2.18. The second-order valence-corrected chi connectivity index (χ2v) is 3.69. The van der Waals surface area contributed by atoms with Gasteiger partial charge in [0.05, 0.1) is 18.4 Å². The molecule has 0 radical (unpaired) electrons. The molecule has 2 nitrogen and oxygen atoms in total. The van der Waals surface area contributed by atoms with E-state index < -0.39 is 22.4 Å². The third-order valence-electron chi connectivity index (χ3n) is 2.06. The van der Waals surface area contributed by atoms with Crippen LogP contribution in [0.1, 0.15) is 24.2 Å². The number of ether oxygens (including phenoxy) is 1. The van der Waals surface area contributed by atoms with Crippen molar-refractivity contribution in [1.29, 1.82) is 0 Å². The Morgan fingerprint density at radius 1 is 1.47 bits per heavy atom. The number of halogens is 3. The molecule has 0 aliphatic carbocycles. The summed E-state index contributed by atoms with van der Waals surface area (Å²) in [6.07, 6.45) is 1.24. The van der Waals surface area contributed by atoms with Crippen molar-refractivity contribution in [2.45, 2.75) is 13.8 Å². The number of carbonyl (C=O) groups excluding carboxylic acids is 1. The Balaban J connectivity index is 3.09. The van der Waals surface area contributed by atoms with Crippen molar-refractivity contribution in [2.24, 2.45) is 0 Å². The van der Waals surface area contributed by atoms with Gasteiger partial charge in [-0.15, -0.1) is 0 Å². The van der Waals surface area contributed by atoms with Crippen LogP contribution in [0.4, 0.5) is 8.78 Å². The number of allylic oxidation sites excluding steroid dienone is 1. The van der Waals surface area contributed by atoms with Gasteiger partial charge in [-0.1, -0.05) is 11.6 Å². The largest absolute Gasteiger partial charge is 0.501 e. The average Bonchev–Trinajstić information content (AvgIpc) is 2.32. The average molecular weight is 261 g/mol. The van der Waals surface area contributed by atoms with Crippen LogP contribution in [0.15, 0.2) is 24.0 Å². The summed E-state index contributed by atoms with van der Waals surface area (Å²) >= 11 is 5.38. The van der Waals surface area contributed by atoms with Gasteiger partial charge >= 0.3 is 0 Å². The minimum absolute atomic E-state index is 0.216. The fourth-order valence-corrected chi connectivity index (χ4v) is 1.34. The Morgan fingerprint density at radius 2 is 2.12 bits per heavy atom. The van der Waals surface area contributed by atoms with Gasteiger partial charge in [0, 0.05) is 5.57 Å². The molecule has 0 N–H and O–H groups in total. The summed E-state index contributed by atoms with van der Waals surface area (Å²) in [5, 5.41) is -0.681. The summed E-state index contributed by atoms with van der Waals surface area (Å²) in [5.41, 5.74) is -0.0572. The van der Waals surface area contributed by atoms with Crippen molar-refractivity contribution in [3.05, 3.63) is 46.2 Å². The minimum atomic E-state index is -1.05. The van der Waals surface area contributed by atoms with Crippen LogP contribution in [0.3, 0.4) is 0 Å². The topological polar surface area (TPSA) is 26.3 Å². The van der Waals surface area contributed by atoms with Crippen LogP contribution in [-0.2, 0) is 4.74 Å². The maximum absolute atomic E-state index is 13.5. The molecule has 0 aromatic heterocycles. The predicted octanol–water partition coefficient (Wildman–Crippen LogP) is 3.74. The first-order valence-electron chi connectivity index (χ1n) is 4.95. The first-order valence-corrected chi connectivity index (χ1v) is 5.33. The Kier molecular flexibility index (Phi) is 4.63. The summed E-state index contributed by atoms with van der Waals surface area (Å²) in [7, 11) is 0. The smallest absolute Gasteiger partial charge is 0.194 e. The third-order valence-corrected chi connectivity index (χ3v) is 2.41. The number of hydrogen-bond donors (Lipinski definition) is 0. The molecule has 0 amide bonds. The number of ketones is 1. The van der Waals surface area contributed by atoms with Crippen LogP contribution in [-0.4, -0.2) is 12.4 Å². The van der Waals surface area contributed by atoms with Crippen LogP contribution >= 0.6 is 11.6 Å². The van der Waals surface area contributed by atoms with E-state index in [9.17, 15) is 13.6 Å². The summed E-state index contributed by atoms with van der Waals surface area (Å²) in [6.45, 7) is 3.63. The molecule has 0 fully saturated rings. The van der Waals surface area contributed by atoms with Crippen molar-refractivity contribution in [3.8, 4) is 0 Å². The van der Waals surface area contributed by atoms with E-state index in [2.05, 4.69) is 0 Å². The normalized spacial score (nSPS) is 11.5. The first kappa shape index (κ1) is 13.6. The van der Waals surface area contributed by atoms with Crippen molar-refractivity contribution < 1.29 is 18.3 Å². The molecule has 0 atom stereocenters. The van der Waals surface area contributed by atoms with Crippen molar-refractivity contribution in [1.82, 2.24) is 0 Å². The highest BCUT2D eigenvalue weighted by atomic mass is 35.5.